The highest BCUT2D eigenvalue weighted by atomic mass is 16.3. The molecule has 0 aliphatic heterocycles. The number of furan rings is 1. The van der Waals surface area contributed by atoms with Crippen LogP contribution in [-0.4, -0.2) is 15.0 Å². The molecule has 0 saturated heterocycles. The molecular formula is C49H31N3O. The summed E-state index contributed by atoms with van der Waals surface area (Å²) in [7, 11) is 0. The molecular weight excluding hydrogens is 647 g/mol. The van der Waals surface area contributed by atoms with Gasteiger partial charge < -0.3 is 4.42 Å². The van der Waals surface area contributed by atoms with E-state index < -0.39 is 0 Å². The Labute approximate surface area is 306 Å². The highest BCUT2D eigenvalue weighted by Gasteiger charge is 2.25. The van der Waals surface area contributed by atoms with E-state index in [-0.39, 0.29) is 0 Å². The van der Waals surface area contributed by atoms with Crippen LogP contribution in [0.5, 0.6) is 0 Å². The molecule has 0 bridgehead atoms. The number of hydrogen-bond donors (Lipinski definition) is 0. The largest absolute Gasteiger partial charge is 0.455 e. The van der Waals surface area contributed by atoms with Gasteiger partial charge in [0.05, 0.1) is 27.8 Å². The lowest BCUT2D eigenvalue weighted by atomic mass is 9.94. The third kappa shape index (κ3) is 5.45. The highest BCUT2D eigenvalue weighted by molar-refractivity contribution is 6.17. The van der Waals surface area contributed by atoms with Crippen LogP contribution in [0.25, 0.3) is 100 Å². The lowest BCUT2D eigenvalue weighted by molar-refractivity contribution is 0.636. The van der Waals surface area contributed by atoms with E-state index in [1.165, 1.54) is 5.56 Å². The Morgan fingerprint density at radius 3 is 1.55 bits per heavy atom. The molecule has 0 aliphatic rings. The first-order valence-electron chi connectivity index (χ1n) is 17.8. The van der Waals surface area contributed by atoms with E-state index in [9.17, 15) is 0 Å². The molecule has 0 fully saturated rings. The topological polar surface area (TPSA) is 51.8 Å². The monoisotopic (exact) mass is 677 g/mol. The predicted molar refractivity (Wildman–Crippen MR) is 217 cm³/mol. The molecule has 3 heterocycles. The summed E-state index contributed by atoms with van der Waals surface area (Å²) < 4.78 is 7.04. The van der Waals surface area contributed by atoms with Crippen molar-refractivity contribution in [1.29, 1.82) is 0 Å². The van der Waals surface area contributed by atoms with Gasteiger partial charge in [-0.15, -0.1) is 0 Å². The second kappa shape index (κ2) is 12.9. The van der Waals surface area contributed by atoms with Gasteiger partial charge in [0.1, 0.15) is 11.3 Å². The van der Waals surface area contributed by atoms with Gasteiger partial charge >= 0.3 is 0 Å². The quantitative estimate of drug-likeness (QED) is 0.176. The predicted octanol–water partition coefficient (Wildman–Crippen LogP) is 12.9. The molecule has 10 rings (SSSR count). The van der Waals surface area contributed by atoms with Crippen molar-refractivity contribution < 1.29 is 4.42 Å². The van der Waals surface area contributed by atoms with Crippen LogP contribution in [-0.2, 0) is 0 Å². The molecule has 4 nitrogen and oxygen atoms in total. The minimum absolute atomic E-state index is 0.645. The fourth-order valence-corrected chi connectivity index (χ4v) is 7.33. The number of hydrogen-bond acceptors (Lipinski definition) is 4. The van der Waals surface area contributed by atoms with Gasteiger partial charge in [-0.25, -0.2) is 15.0 Å². The van der Waals surface area contributed by atoms with Crippen molar-refractivity contribution in [3.8, 4) is 67.5 Å². The molecule has 0 unspecified atom stereocenters. The van der Waals surface area contributed by atoms with Crippen LogP contribution in [0.15, 0.2) is 192 Å². The zero-order valence-electron chi connectivity index (χ0n) is 28.6. The van der Waals surface area contributed by atoms with Crippen molar-refractivity contribution in [1.82, 2.24) is 15.0 Å². The molecule has 0 atom stereocenters. The Hall–Kier alpha value is -7.17. The molecule has 7 aromatic carbocycles. The normalized spacial score (nSPS) is 11.4. The third-order valence-corrected chi connectivity index (χ3v) is 9.89. The fraction of sp³-hybridized carbons (Fsp3) is 0. The third-order valence-electron chi connectivity index (χ3n) is 9.89. The number of pyridine rings is 1. The van der Waals surface area contributed by atoms with E-state index in [0.717, 1.165) is 88.9 Å². The van der Waals surface area contributed by atoms with Gasteiger partial charge in [0, 0.05) is 38.6 Å². The van der Waals surface area contributed by atoms with E-state index in [1.54, 1.807) is 0 Å². The standard InChI is InChI=1S/C49H31N3O/c1-5-15-32(16-6-1)33-25-27-36(28-26-33)45-39-23-13-14-24-41(39)51-49(52-45)38-29-30-42-40(31-38)48-44(46(50-42)35-19-9-3-10-20-35)43(34-17-7-2-8-18-34)47(53-48)37-21-11-4-12-22-37/h1-31H. The van der Waals surface area contributed by atoms with Crippen LogP contribution in [0.2, 0.25) is 0 Å². The van der Waals surface area contributed by atoms with E-state index in [1.807, 2.05) is 48.5 Å². The van der Waals surface area contributed by atoms with Gasteiger partial charge in [0.15, 0.2) is 5.82 Å². The highest BCUT2D eigenvalue weighted by Crippen LogP contribution is 2.47. The Morgan fingerprint density at radius 1 is 0.340 bits per heavy atom. The molecule has 53 heavy (non-hydrogen) atoms. The van der Waals surface area contributed by atoms with Crippen LogP contribution >= 0.6 is 0 Å². The van der Waals surface area contributed by atoms with Crippen molar-refractivity contribution in [2.45, 2.75) is 0 Å². The smallest absolute Gasteiger partial charge is 0.160 e. The summed E-state index contributed by atoms with van der Waals surface area (Å²) >= 11 is 0. The van der Waals surface area contributed by atoms with Crippen LogP contribution in [0.4, 0.5) is 0 Å². The number of nitrogens with zero attached hydrogens (tertiary/aromatic N) is 3. The van der Waals surface area contributed by atoms with Crippen molar-refractivity contribution in [3.63, 3.8) is 0 Å². The Kier molecular flexibility index (Phi) is 7.43. The second-order valence-corrected chi connectivity index (χ2v) is 13.2. The number of aromatic nitrogens is 3. The van der Waals surface area contributed by atoms with E-state index in [0.29, 0.717) is 5.82 Å². The lowest BCUT2D eigenvalue weighted by Crippen LogP contribution is -1.96. The fourth-order valence-electron chi connectivity index (χ4n) is 7.33. The average Bonchev–Trinajstić information content (AvgIpc) is 3.65. The molecule has 4 heteroatoms. The summed E-state index contributed by atoms with van der Waals surface area (Å²) in [5.74, 6) is 1.46. The SMILES string of the molecule is c1ccc(-c2ccc(-c3nc(-c4ccc5nc(-c6ccccc6)c6c(-c7ccccc7)c(-c7ccccc7)oc6c5c4)nc4ccccc34)cc2)cc1. The Bertz CT molecular complexity index is 2900. The number of rotatable bonds is 6. The molecule has 0 radical (unpaired) electrons. The minimum atomic E-state index is 0.645. The van der Waals surface area contributed by atoms with E-state index >= 15 is 0 Å². The zero-order chi connectivity index (χ0) is 35.1. The van der Waals surface area contributed by atoms with Gasteiger partial charge in [-0.05, 0) is 41.0 Å². The van der Waals surface area contributed by atoms with Gasteiger partial charge in [-0.2, -0.15) is 0 Å². The summed E-state index contributed by atoms with van der Waals surface area (Å²) in [5, 5.41) is 2.89. The Balaban J connectivity index is 1.21. The Morgan fingerprint density at radius 2 is 0.849 bits per heavy atom. The maximum Gasteiger partial charge on any atom is 0.160 e. The number of benzene rings is 7. The first-order valence-corrected chi connectivity index (χ1v) is 17.8. The van der Waals surface area contributed by atoms with Gasteiger partial charge in [-0.3, -0.25) is 0 Å². The van der Waals surface area contributed by atoms with E-state index in [4.69, 9.17) is 19.4 Å². The van der Waals surface area contributed by atoms with Crippen molar-refractivity contribution in [2.75, 3.05) is 0 Å². The zero-order valence-corrected chi connectivity index (χ0v) is 28.6. The minimum Gasteiger partial charge on any atom is -0.455 e. The van der Waals surface area contributed by atoms with Crippen molar-refractivity contribution in [2.24, 2.45) is 0 Å². The molecule has 3 aromatic heterocycles. The first-order chi connectivity index (χ1) is 26.3. The summed E-state index contributed by atoms with van der Waals surface area (Å²) in [6.07, 6.45) is 0. The van der Waals surface area contributed by atoms with Crippen molar-refractivity contribution in [3.05, 3.63) is 188 Å². The molecule has 0 N–H and O–H groups in total. The molecule has 0 saturated carbocycles. The second-order valence-electron chi connectivity index (χ2n) is 13.2. The first kappa shape index (κ1) is 30.6. The summed E-state index contributed by atoms with van der Waals surface area (Å²) in [6, 6.07) is 64.7. The summed E-state index contributed by atoms with van der Waals surface area (Å²) in [6.45, 7) is 0. The van der Waals surface area contributed by atoms with Crippen LogP contribution in [0.1, 0.15) is 0 Å². The molecule has 0 amide bonds. The van der Waals surface area contributed by atoms with Gasteiger partial charge in [0.2, 0.25) is 0 Å². The van der Waals surface area contributed by atoms with Gasteiger partial charge in [0.25, 0.3) is 0 Å². The number of fused-ring (bicyclic) bond motifs is 4. The maximum absolute atomic E-state index is 7.04. The molecule has 0 spiro atoms. The van der Waals surface area contributed by atoms with Gasteiger partial charge in [-0.1, -0.05) is 164 Å². The lowest BCUT2D eigenvalue weighted by Gasteiger charge is -2.12. The van der Waals surface area contributed by atoms with Crippen LogP contribution < -0.4 is 0 Å². The molecule has 248 valence electrons. The summed E-state index contributed by atoms with van der Waals surface area (Å²) in [4.78, 5) is 15.7. The summed E-state index contributed by atoms with van der Waals surface area (Å²) in [5.41, 5.74) is 12.7. The molecule has 10 aromatic rings. The maximum atomic E-state index is 7.04. The van der Waals surface area contributed by atoms with E-state index in [2.05, 4.69) is 140 Å². The average molecular weight is 678 g/mol. The molecule has 0 aliphatic carbocycles. The number of para-hydroxylation sites is 1. The van der Waals surface area contributed by atoms with Crippen molar-refractivity contribution >= 4 is 32.8 Å². The van der Waals surface area contributed by atoms with Crippen LogP contribution in [0.3, 0.4) is 0 Å². The van der Waals surface area contributed by atoms with Crippen LogP contribution in [0, 0.1) is 0 Å².